The fraction of sp³-hybridized carbons (Fsp3) is 0.250. The summed E-state index contributed by atoms with van der Waals surface area (Å²) in [5, 5.41) is 12.0. The summed E-state index contributed by atoms with van der Waals surface area (Å²) in [6, 6.07) is 16.3. The van der Waals surface area contributed by atoms with Crippen LogP contribution in [-0.4, -0.2) is 22.7 Å². The van der Waals surface area contributed by atoms with E-state index in [4.69, 9.17) is 16.3 Å². The molecule has 0 bridgehead atoms. The second-order valence-electron chi connectivity index (χ2n) is 8.74. The van der Waals surface area contributed by atoms with E-state index in [-0.39, 0.29) is 22.9 Å². The molecule has 2 N–H and O–H groups in total. The summed E-state index contributed by atoms with van der Waals surface area (Å²) in [6.07, 6.45) is -1.82. The molecule has 0 aromatic heterocycles. The van der Waals surface area contributed by atoms with Crippen molar-refractivity contribution in [2.75, 3.05) is 5.32 Å². The molecule has 0 fully saturated rings. The average Bonchev–Trinajstić information content (AvgIpc) is 2.81. The van der Waals surface area contributed by atoms with Gasteiger partial charge in [-0.3, -0.25) is 4.79 Å². The minimum atomic E-state index is -3.36. The summed E-state index contributed by atoms with van der Waals surface area (Å²) in [6.45, 7) is 4.52. The number of halogens is 4. The number of ether oxygens (including phenoxy) is 1. The van der Waals surface area contributed by atoms with E-state index in [9.17, 15) is 23.1 Å². The van der Waals surface area contributed by atoms with E-state index in [1.54, 1.807) is 44.2 Å². The number of hydrogen-bond acceptors (Lipinski definition) is 3. The molecule has 8 heteroatoms. The van der Waals surface area contributed by atoms with Crippen molar-refractivity contribution < 1.29 is 27.8 Å². The van der Waals surface area contributed by atoms with Crippen molar-refractivity contribution >= 4 is 23.2 Å². The number of carbonyl (C=O) groups is 1. The van der Waals surface area contributed by atoms with Crippen molar-refractivity contribution in [2.45, 2.75) is 44.8 Å². The van der Waals surface area contributed by atoms with Crippen molar-refractivity contribution in [3.8, 4) is 17.6 Å². The van der Waals surface area contributed by atoms with E-state index in [0.29, 0.717) is 22.6 Å². The van der Waals surface area contributed by atoms with Gasteiger partial charge in [0.05, 0.1) is 11.4 Å². The van der Waals surface area contributed by atoms with Crippen LogP contribution in [0.15, 0.2) is 66.7 Å². The van der Waals surface area contributed by atoms with Crippen LogP contribution in [0.4, 0.5) is 18.9 Å². The van der Waals surface area contributed by atoms with Crippen molar-refractivity contribution in [3.05, 3.63) is 94.3 Å². The summed E-state index contributed by atoms with van der Waals surface area (Å²) in [5.41, 5.74) is 0.578. The van der Waals surface area contributed by atoms with Crippen LogP contribution >= 0.6 is 11.6 Å². The van der Waals surface area contributed by atoms with Crippen molar-refractivity contribution in [3.63, 3.8) is 0 Å². The number of rotatable bonds is 7. The van der Waals surface area contributed by atoms with Crippen molar-refractivity contribution in [1.82, 2.24) is 0 Å². The molecule has 0 saturated heterocycles. The Hall–Kier alpha value is -3.47. The van der Waals surface area contributed by atoms with Gasteiger partial charge in [-0.15, -0.1) is 0 Å². The van der Waals surface area contributed by atoms with Crippen LogP contribution in [0.2, 0.25) is 5.02 Å². The number of benzene rings is 3. The smallest absolute Gasteiger partial charge is 0.298 e. The molecule has 0 aliphatic rings. The Bertz CT molecular complexity index is 1280. The Balaban J connectivity index is 1.58. The quantitative estimate of drug-likeness (QED) is 0.361. The van der Waals surface area contributed by atoms with Gasteiger partial charge in [0.1, 0.15) is 17.7 Å². The third-order valence-corrected chi connectivity index (χ3v) is 5.48. The van der Waals surface area contributed by atoms with Gasteiger partial charge in [-0.25, -0.2) is 4.39 Å². The minimum Gasteiger partial charge on any atom is -0.475 e. The lowest BCUT2D eigenvalue weighted by Crippen LogP contribution is -2.27. The predicted octanol–water partition coefficient (Wildman–Crippen LogP) is 6.34. The molecule has 0 heterocycles. The van der Waals surface area contributed by atoms with Crippen LogP contribution in [0.25, 0.3) is 0 Å². The molecule has 0 aliphatic heterocycles. The number of hydrogen-bond donors (Lipinski definition) is 2. The Morgan fingerprint density at radius 2 is 1.72 bits per heavy atom. The maximum absolute atomic E-state index is 13.9. The van der Waals surface area contributed by atoms with E-state index in [1.807, 2.05) is 0 Å². The van der Waals surface area contributed by atoms with Crippen molar-refractivity contribution in [2.24, 2.45) is 0 Å². The number of nitrogens with one attached hydrogen (secondary N) is 1. The largest absolute Gasteiger partial charge is 0.475 e. The number of alkyl halides is 2. The topological polar surface area (TPSA) is 58.6 Å². The van der Waals surface area contributed by atoms with Gasteiger partial charge in [-0.1, -0.05) is 47.7 Å². The second-order valence-corrected chi connectivity index (χ2v) is 9.14. The zero-order chi connectivity index (χ0) is 26.5. The van der Waals surface area contributed by atoms with Crippen LogP contribution in [0.5, 0.6) is 5.75 Å². The normalized spacial score (nSPS) is 12.3. The molecule has 3 rings (SSSR count). The lowest BCUT2D eigenvalue weighted by atomic mass is 10.0. The summed E-state index contributed by atoms with van der Waals surface area (Å²) in [5.74, 6) is 2.03. The first-order chi connectivity index (χ1) is 16.9. The maximum atomic E-state index is 13.9. The molecule has 0 aliphatic carbocycles. The summed E-state index contributed by atoms with van der Waals surface area (Å²) in [4.78, 5) is 12.4. The van der Waals surface area contributed by atoms with E-state index < -0.39 is 23.4 Å². The molecule has 0 spiro atoms. The summed E-state index contributed by atoms with van der Waals surface area (Å²) >= 11 is 5.69. The van der Waals surface area contributed by atoms with E-state index in [1.165, 1.54) is 36.4 Å². The number of aliphatic hydroxyl groups excluding tert-OH is 1. The van der Waals surface area contributed by atoms with E-state index in [0.717, 1.165) is 6.92 Å². The Morgan fingerprint density at radius 3 is 2.31 bits per heavy atom. The SMILES string of the molecule is CC(O)C(F)(F)c1ccc(CC(=O)Nc2ccc(C#CC(C)(C)Oc3ccc(Cl)c(F)c3)cc2)cc1. The Morgan fingerprint density at radius 1 is 1.08 bits per heavy atom. The monoisotopic (exact) mass is 515 g/mol. The first-order valence-electron chi connectivity index (χ1n) is 11.1. The fourth-order valence-electron chi connectivity index (χ4n) is 3.20. The molecule has 1 unspecified atom stereocenters. The van der Waals surface area contributed by atoms with Gasteiger partial charge in [0.25, 0.3) is 5.92 Å². The molecule has 4 nitrogen and oxygen atoms in total. The molecule has 0 radical (unpaired) electrons. The highest BCUT2D eigenvalue weighted by Crippen LogP contribution is 2.31. The van der Waals surface area contributed by atoms with Crippen molar-refractivity contribution in [1.29, 1.82) is 0 Å². The van der Waals surface area contributed by atoms with Crippen LogP contribution in [0.1, 0.15) is 37.5 Å². The molecule has 36 heavy (non-hydrogen) atoms. The van der Waals surface area contributed by atoms with E-state index in [2.05, 4.69) is 17.2 Å². The highest BCUT2D eigenvalue weighted by molar-refractivity contribution is 6.30. The first-order valence-corrected chi connectivity index (χ1v) is 11.5. The standard InChI is InChI=1S/C28H25ClF3NO3/c1-18(34)28(31,32)21-8-4-20(5-9-21)16-26(35)33-22-10-6-19(7-11-22)14-15-27(2,3)36-23-12-13-24(29)25(30)17-23/h4-13,17-18,34H,16H2,1-3H3,(H,33,35). The molecule has 188 valence electrons. The van der Waals surface area contributed by atoms with Gasteiger partial charge < -0.3 is 15.2 Å². The Kier molecular flexibility index (Phi) is 8.34. The van der Waals surface area contributed by atoms with E-state index >= 15 is 0 Å². The van der Waals surface area contributed by atoms with Gasteiger partial charge in [0.15, 0.2) is 5.60 Å². The zero-order valence-corrected chi connectivity index (χ0v) is 20.7. The van der Waals surface area contributed by atoms with Gasteiger partial charge >= 0.3 is 0 Å². The van der Waals surface area contributed by atoms with Crippen LogP contribution < -0.4 is 10.1 Å². The summed E-state index contributed by atoms with van der Waals surface area (Å²) in [7, 11) is 0. The molecular weight excluding hydrogens is 491 g/mol. The maximum Gasteiger partial charge on any atom is 0.298 e. The van der Waals surface area contributed by atoms with Gasteiger partial charge in [-0.05, 0) is 62.7 Å². The number of amides is 1. The second kappa shape index (κ2) is 11.1. The average molecular weight is 516 g/mol. The third-order valence-electron chi connectivity index (χ3n) is 5.17. The molecular formula is C28H25ClF3NO3. The van der Waals surface area contributed by atoms with Gasteiger partial charge in [0.2, 0.25) is 5.91 Å². The van der Waals surface area contributed by atoms with Crippen LogP contribution in [0, 0.1) is 17.7 Å². The summed E-state index contributed by atoms with van der Waals surface area (Å²) < 4.78 is 47.1. The van der Waals surface area contributed by atoms with Crippen LogP contribution in [0.3, 0.4) is 0 Å². The van der Waals surface area contributed by atoms with Crippen LogP contribution in [-0.2, 0) is 17.1 Å². The zero-order valence-electron chi connectivity index (χ0n) is 19.9. The fourth-order valence-corrected chi connectivity index (χ4v) is 3.31. The lowest BCUT2D eigenvalue weighted by molar-refractivity contribution is -0.115. The lowest BCUT2D eigenvalue weighted by Gasteiger charge is -2.20. The van der Waals surface area contributed by atoms with Gasteiger partial charge in [0, 0.05) is 22.9 Å². The molecule has 0 saturated carbocycles. The third kappa shape index (κ3) is 7.27. The molecule has 1 atom stereocenters. The predicted molar refractivity (Wildman–Crippen MR) is 134 cm³/mol. The Labute approximate surface area is 213 Å². The van der Waals surface area contributed by atoms with Gasteiger partial charge in [-0.2, -0.15) is 8.78 Å². The number of anilines is 1. The minimum absolute atomic E-state index is 0.00108. The molecule has 3 aromatic carbocycles. The molecule has 3 aromatic rings. The number of carbonyl (C=O) groups excluding carboxylic acids is 1. The number of aliphatic hydroxyl groups is 1. The highest BCUT2D eigenvalue weighted by atomic mass is 35.5. The molecule has 1 amide bonds. The first kappa shape index (κ1) is 27.1. The highest BCUT2D eigenvalue weighted by Gasteiger charge is 2.37.